The van der Waals surface area contributed by atoms with E-state index >= 15 is 0 Å². The number of carbonyl (C=O) groups excluding carboxylic acids is 1. The van der Waals surface area contributed by atoms with Gasteiger partial charge in [0.25, 0.3) is 0 Å². The molecule has 0 heterocycles. The number of anilines is 1. The largest absolute Gasteiger partial charge is 0.398 e. The summed E-state index contributed by atoms with van der Waals surface area (Å²) in [7, 11) is 0. The van der Waals surface area contributed by atoms with Crippen LogP contribution in [0.1, 0.15) is 21.5 Å². The van der Waals surface area contributed by atoms with Gasteiger partial charge in [0.1, 0.15) is 0 Å². The summed E-state index contributed by atoms with van der Waals surface area (Å²) in [6, 6.07) is 12.9. The Bertz CT molecular complexity index is 561. The molecule has 17 heavy (non-hydrogen) atoms. The van der Waals surface area contributed by atoms with E-state index in [1.807, 2.05) is 43.3 Å². The second-order valence-electron chi connectivity index (χ2n) is 3.91. The molecule has 0 aliphatic rings. The Kier molecular flexibility index (Phi) is 3.47. The number of hydrogen-bond acceptors (Lipinski definition) is 2. The van der Waals surface area contributed by atoms with Crippen LogP contribution < -0.4 is 5.73 Å². The molecule has 0 radical (unpaired) electrons. The molecule has 3 heteroatoms. The maximum atomic E-state index is 12.2. The third-order valence-corrected chi connectivity index (χ3v) is 3.37. The zero-order valence-corrected chi connectivity index (χ0v) is 11.6. The van der Waals surface area contributed by atoms with Crippen molar-refractivity contribution in [1.82, 2.24) is 0 Å². The number of aryl methyl sites for hydroxylation is 1. The standard InChI is InChI=1S/C14H12INO/c1-9-2-3-11(8-13(9)16)14(17)10-4-6-12(15)7-5-10/h2-8H,16H2,1H3. The van der Waals surface area contributed by atoms with Crippen LogP contribution >= 0.6 is 22.6 Å². The van der Waals surface area contributed by atoms with Gasteiger partial charge >= 0.3 is 0 Å². The van der Waals surface area contributed by atoms with E-state index < -0.39 is 0 Å². The van der Waals surface area contributed by atoms with Crippen molar-refractivity contribution in [3.63, 3.8) is 0 Å². The average Bonchev–Trinajstić information content (AvgIpc) is 2.33. The predicted molar refractivity (Wildman–Crippen MR) is 78.2 cm³/mol. The maximum absolute atomic E-state index is 12.2. The summed E-state index contributed by atoms with van der Waals surface area (Å²) in [6.45, 7) is 1.93. The van der Waals surface area contributed by atoms with E-state index in [1.165, 1.54) is 0 Å². The molecule has 2 aromatic carbocycles. The molecule has 0 unspecified atom stereocenters. The van der Waals surface area contributed by atoms with Crippen molar-refractivity contribution >= 4 is 34.1 Å². The van der Waals surface area contributed by atoms with Crippen molar-refractivity contribution in [3.8, 4) is 0 Å². The molecule has 2 aromatic rings. The van der Waals surface area contributed by atoms with E-state index in [1.54, 1.807) is 6.07 Å². The summed E-state index contributed by atoms with van der Waals surface area (Å²) in [4.78, 5) is 12.2. The second-order valence-corrected chi connectivity index (χ2v) is 5.15. The van der Waals surface area contributed by atoms with E-state index in [9.17, 15) is 4.79 Å². The SMILES string of the molecule is Cc1ccc(C(=O)c2ccc(I)cc2)cc1N. The fourth-order valence-electron chi connectivity index (χ4n) is 1.55. The molecule has 86 valence electrons. The highest BCUT2D eigenvalue weighted by Gasteiger charge is 2.09. The van der Waals surface area contributed by atoms with Gasteiger partial charge in [0.05, 0.1) is 0 Å². The molecule has 0 aromatic heterocycles. The Labute approximate surface area is 114 Å². The highest BCUT2D eigenvalue weighted by atomic mass is 127. The maximum Gasteiger partial charge on any atom is 0.193 e. The van der Waals surface area contributed by atoms with Crippen LogP contribution in [0.5, 0.6) is 0 Å². The first-order valence-corrected chi connectivity index (χ1v) is 6.32. The van der Waals surface area contributed by atoms with Crippen LogP contribution in [0.2, 0.25) is 0 Å². The number of nitrogens with two attached hydrogens (primary N) is 1. The summed E-state index contributed by atoms with van der Waals surface area (Å²) in [5.74, 6) is 0.00750. The van der Waals surface area contributed by atoms with E-state index in [0.717, 1.165) is 9.13 Å². The number of nitrogen functional groups attached to an aromatic ring is 1. The van der Waals surface area contributed by atoms with Crippen LogP contribution in [0, 0.1) is 10.5 Å². The molecule has 0 aliphatic carbocycles. The first-order valence-electron chi connectivity index (χ1n) is 5.24. The fraction of sp³-hybridized carbons (Fsp3) is 0.0714. The van der Waals surface area contributed by atoms with Gasteiger partial charge in [-0.3, -0.25) is 4.79 Å². The Balaban J connectivity index is 2.37. The topological polar surface area (TPSA) is 43.1 Å². The monoisotopic (exact) mass is 337 g/mol. The lowest BCUT2D eigenvalue weighted by Crippen LogP contribution is -2.02. The number of benzene rings is 2. The van der Waals surface area contributed by atoms with E-state index in [4.69, 9.17) is 5.73 Å². The predicted octanol–water partition coefficient (Wildman–Crippen LogP) is 3.41. The Hall–Kier alpha value is -1.36. The fourth-order valence-corrected chi connectivity index (χ4v) is 1.91. The van der Waals surface area contributed by atoms with Crippen molar-refractivity contribution in [3.05, 3.63) is 62.7 Å². The summed E-state index contributed by atoms with van der Waals surface area (Å²) in [5, 5.41) is 0. The molecule has 0 saturated heterocycles. The van der Waals surface area contributed by atoms with Gasteiger partial charge in [0.15, 0.2) is 5.78 Å². The zero-order valence-electron chi connectivity index (χ0n) is 9.41. The van der Waals surface area contributed by atoms with Crippen molar-refractivity contribution in [1.29, 1.82) is 0 Å². The quantitative estimate of drug-likeness (QED) is 0.518. The van der Waals surface area contributed by atoms with Gasteiger partial charge in [0.2, 0.25) is 0 Å². The van der Waals surface area contributed by atoms with Crippen molar-refractivity contribution in [2.45, 2.75) is 6.92 Å². The number of ketones is 1. The van der Waals surface area contributed by atoms with Gasteiger partial charge in [-0.15, -0.1) is 0 Å². The highest BCUT2D eigenvalue weighted by molar-refractivity contribution is 14.1. The van der Waals surface area contributed by atoms with E-state index in [2.05, 4.69) is 22.6 Å². The summed E-state index contributed by atoms with van der Waals surface area (Å²) >= 11 is 2.21. The number of rotatable bonds is 2. The van der Waals surface area contributed by atoms with Crippen molar-refractivity contribution in [2.75, 3.05) is 5.73 Å². The smallest absolute Gasteiger partial charge is 0.193 e. The van der Waals surface area contributed by atoms with Gasteiger partial charge in [-0.05, 0) is 65.4 Å². The normalized spacial score (nSPS) is 10.2. The molecule has 0 bridgehead atoms. The van der Waals surface area contributed by atoms with Crippen LogP contribution in [0.15, 0.2) is 42.5 Å². The highest BCUT2D eigenvalue weighted by Crippen LogP contribution is 2.17. The van der Waals surface area contributed by atoms with Gasteiger partial charge < -0.3 is 5.73 Å². The number of carbonyl (C=O) groups is 1. The van der Waals surface area contributed by atoms with Crippen LogP contribution in [-0.2, 0) is 0 Å². The molecule has 2 nitrogen and oxygen atoms in total. The van der Waals surface area contributed by atoms with Crippen LogP contribution in [0.3, 0.4) is 0 Å². The third-order valence-electron chi connectivity index (χ3n) is 2.65. The lowest BCUT2D eigenvalue weighted by molar-refractivity contribution is 0.103. The lowest BCUT2D eigenvalue weighted by Gasteiger charge is -2.04. The number of halogens is 1. The molecule has 0 amide bonds. The summed E-state index contributed by atoms with van der Waals surface area (Å²) < 4.78 is 1.11. The Morgan fingerprint density at radius 2 is 1.65 bits per heavy atom. The molecule has 0 spiro atoms. The van der Waals surface area contributed by atoms with Crippen molar-refractivity contribution in [2.24, 2.45) is 0 Å². The lowest BCUT2D eigenvalue weighted by atomic mass is 10.0. The minimum absolute atomic E-state index is 0.00750. The van der Waals surface area contributed by atoms with Crippen LogP contribution in [-0.4, -0.2) is 5.78 Å². The third kappa shape index (κ3) is 2.66. The molecule has 2 rings (SSSR count). The van der Waals surface area contributed by atoms with Gasteiger partial charge in [-0.2, -0.15) is 0 Å². The minimum Gasteiger partial charge on any atom is -0.398 e. The first kappa shape index (κ1) is 12.1. The number of hydrogen-bond donors (Lipinski definition) is 1. The van der Waals surface area contributed by atoms with Crippen LogP contribution in [0.25, 0.3) is 0 Å². The van der Waals surface area contributed by atoms with E-state index in [-0.39, 0.29) is 5.78 Å². The Morgan fingerprint density at radius 3 is 2.24 bits per heavy atom. The molecular formula is C14H12INO. The first-order chi connectivity index (χ1) is 8.08. The molecule has 0 fully saturated rings. The Morgan fingerprint density at radius 1 is 1.06 bits per heavy atom. The molecule has 0 atom stereocenters. The van der Waals surface area contributed by atoms with Crippen LogP contribution in [0.4, 0.5) is 5.69 Å². The molecule has 2 N–H and O–H groups in total. The van der Waals surface area contributed by atoms with E-state index in [0.29, 0.717) is 16.8 Å². The summed E-state index contributed by atoms with van der Waals surface area (Å²) in [6.07, 6.45) is 0. The average molecular weight is 337 g/mol. The van der Waals surface area contributed by atoms with Gasteiger partial charge in [-0.1, -0.05) is 12.1 Å². The molecule has 0 saturated carbocycles. The molecular weight excluding hydrogens is 325 g/mol. The van der Waals surface area contributed by atoms with Gasteiger partial charge in [0, 0.05) is 20.4 Å². The summed E-state index contributed by atoms with van der Waals surface area (Å²) in [5.41, 5.74) is 8.77. The van der Waals surface area contributed by atoms with Gasteiger partial charge in [-0.25, -0.2) is 0 Å². The second kappa shape index (κ2) is 4.87. The molecule has 0 aliphatic heterocycles. The van der Waals surface area contributed by atoms with Crippen molar-refractivity contribution < 1.29 is 4.79 Å². The minimum atomic E-state index is 0.00750. The zero-order chi connectivity index (χ0) is 12.4.